The summed E-state index contributed by atoms with van der Waals surface area (Å²) < 4.78 is 21.7. The normalized spacial score (nSPS) is 14.0. The molecule has 0 amide bonds. The van der Waals surface area contributed by atoms with E-state index < -0.39 is 19.9 Å². The lowest BCUT2D eigenvalue weighted by Crippen LogP contribution is -2.67. The monoisotopic (exact) mass is 400 g/mol. The summed E-state index contributed by atoms with van der Waals surface area (Å²) in [5.41, 5.74) is -1.49. The molecule has 0 aromatic heterocycles. The number of alkyl halides is 1. The molecule has 0 saturated carbocycles. The summed E-state index contributed by atoms with van der Waals surface area (Å²) >= 11 is 0. The van der Waals surface area contributed by atoms with Gasteiger partial charge in [0.2, 0.25) is 0 Å². The van der Waals surface area contributed by atoms with Crippen molar-refractivity contribution >= 4 is 24.5 Å². The van der Waals surface area contributed by atoms with Gasteiger partial charge in [0.25, 0.3) is 8.32 Å². The lowest BCUT2D eigenvalue weighted by atomic mass is 9.89. The van der Waals surface area contributed by atoms with Crippen molar-refractivity contribution in [2.45, 2.75) is 58.7 Å². The van der Waals surface area contributed by atoms with E-state index in [1.165, 1.54) is 20.8 Å². The topological polar surface area (TPSA) is 26.3 Å². The van der Waals surface area contributed by atoms with E-state index in [0.29, 0.717) is 0 Å². The van der Waals surface area contributed by atoms with E-state index in [9.17, 15) is 9.18 Å². The van der Waals surface area contributed by atoms with Gasteiger partial charge in [-0.2, -0.15) is 0 Å². The van der Waals surface area contributed by atoms with Gasteiger partial charge in [-0.3, -0.25) is 0 Å². The third-order valence-electron chi connectivity index (χ3n) is 5.42. The van der Waals surface area contributed by atoms with Crippen molar-refractivity contribution in [2.24, 2.45) is 5.92 Å². The number of halogens is 1. The van der Waals surface area contributed by atoms with Gasteiger partial charge >= 0.3 is 0 Å². The van der Waals surface area contributed by atoms with Gasteiger partial charge in [0, 0.05) is 18.9 Å². The van der Waals surface area contributed by atoms with E-state index in [1.807, 2.05) is 36.4 Å². The van der Waals surface area contributed by atoms with Gasteiger partial charge in [-0.05, 0) is 36.2 Å². The number of hydrogen-bond acceptors (Lipinski definition) is 2. The molecule has 152 valence electrons. The molecular formula is C24H33FO2Si. The second-order valence-electron chi connectivity index (χ2n) is 9.14. The van der Waals surface area contributed by atoms with Crippen molar-refractivity contribution in [3.8, 4) is 0 Å². The molecule has 4 heteroatoms. The molecule has 0 N–H and O–H groups in total. The first-order valence-corrected chi connectivity index (χ1v) is 11.8. The van der Waals surface area contributed by atoms with Gasteiger partial charge in [-0.15, -0.1) is 0 Å². The minimum atomic E-state index is -2.72. The Morgan fingerprint density at radius 3 is 1.68 bits per heavy atom. The molecule has 0 aliphatic rings. The van der Waals surface area contributed by atoms with Crippen molar-refractivity contribution in [3.05, 3.63) is 60.7 Å². The maximum Gasteiger partial charge on any atom is 0.261 e. The fraction of sp³-hybridized carbons (Fsp3) is 0.458. The Morgan fingerprint density at radius 1 is 0.929 bits per heavy atom. The van der Waals surface area contributed by atoms with Crippen LogP contribution in [0.2, 0.25) is 5.04 Å². The highest BCUT2D eigenvalue weighted by Crippen LogP contribution is 2.38. The Hall–Kier alpha value is -1.78. The minimum absolute atomic E-state index is 0.0122. The minimum Gasteiger partial charge on any atom is -0.407 e. The molecule has 0 bridgehead atoms. The number of carbonyl (C=O) groups excluding carboxylic acids is 1. The zero-order valence-electron chi connectivity index (χ0n) is 18.0. The number of benzene rings is 2. The smallest absolute Gasteiger partial charge is 0.261 e. The van der Waals surface area contributed by atoms with E-state index in [2.05, 4.69) is 45.0 Å². The number of Topliss-reactive ketones (excluding diaryl/α,β-unsaturated/α-hetero) is 1. The van der Waals surface area contributed by atoms with E-state index in [4.69, 9.17) is 4.43 Å². The third-order valence-corrected chi connectivity index (χ3v) is 10.4. The first-order valence-electron chi connectivity index (χ1n) is 9.92. The summed E-state index contributed by atoms with van der Waals surface area (Å²) in [6.45, 7) is 11.4. The highest BCUT2D eigenvalue weighted by molar-refractivity contribution is 6.99. The highest BCUT2D eigenvalue weighted by atomic mass is 28.4. The maximum atomic E-state index is 14.9. The van der Waals surface area contributed by atoms with Gasteiger partial charge in [0.1, 0.15) is 11.5 Å². The molecule has 0 saturated heterocycles. The summed E-state index contributed by atoms with van der Waals surface area (Å²) in [6, 6.07) is 20.6. The van der Waals surface area contributed by atoms with E-state index in [-0.39, 0.29) is 23.8 Å². The zero-order valence-corrected chi connectivity index (χ0v) is 19.0. The molecule has 2 aromatic rings. The first kappa shape index (κ1) is 22.5. The van der Waals surface area contributed by atoms with Crippen molar-refractivity contribution in [3.63, 3.8) is 0 Å². The molecule has 1 unspecified atom stereocenters. The highest BCUT2D eigenvalue weighted by Gasteiger charge is 2.50. The fourth-order valence-electron chi connectivity index (χ4n) is 3.83. The van der Waals surface area contributed by atoms with Crippen molar-refractivity contribution in [1.82, 2.24) is 0 Å². The lowest BCUT2D eigenvalue weighted by Gasteiger charge is -2.44. The summed E-state index contributed by atoms with van der Waals surface area (Å²) in [6.07, 6.45) is 0.182. The van der Waals surface area contributed by atoms with Crippen LogP contribution in [-0.2, 0) is 9.22 Å². The number of carbonyl (C=O) groups is 1. The van der Waals surface area contributed by atoms with Crippen LogP contribution in [0.4, 0.5) is 4.39 Å². The summed E-state index contributed by atoms with van der Waals surface area (Å²) in [7, 11) is -2.72. The largest absolute Gasteiger partial charge is 0.407 e. The van der Waals surface area contributed by atoms with Crippen LogP contribution >= 0.6 is 0 Å². The first-order chi connectivity index (χ1) is 13.0. The molecule has 28 heavy (non-hydrogen) atoms. The number of hydrogen-bond donors (Lipinski definition) is 0. The maximum absolute atomic E-state index is 14.9. The van der Waals surface area contributed by atoms with Gasteiger partial charge in [-0.25, -0.2) is 4.39 Å². The quantitative estimate of drug-likeness (QED) is 0.589. The molecule has 0 aliphatic heterocycles. The molecule has 1 atom stereocenters. The Morgan fingerprint density at radius 2 is 1.36 bits per heavy atom. The molecule has 2 nitrogen and oxygen atoms in total. The third kappa shape index (κ3) is 4.98. The van der Waals surface area contributed by atoms with Crippen molar-refractivity contribution in [2.75, 3.05) is 6.61 Å². The average Bonchev–Trinajstić information content (AvgIpc) is 2.61. The Balaban J connectivity index is 2.57. The second-order valence-corrected chi connectivity index (χ2v) is 13.4. The molecule has 0 radical (unpaired) electrons. The summed E-state index contributed by atoms with van der Waals surface area (Å²) in [5.74, 6) is -0.492. The van der Waals surface area contributed by atoms with Crippen molar-refractivity contribution in [1.29, 1.82) is 0 Å². The van der Waals surface area contributed by atoms with Crippen LogP contribution < -0.4 is 10.4 Å². The van der Waals surface area contributed by atoms with Crippen LogP contribution in [0.25, 0.3) is 0 Å². The molecular weight excluding hydrogens is 367 g/mol. The van der Waals surface area contributed by atoms with Crippen LogP contribution in [0.15, 0.2) is 60.7 Å². The molecule has 0 spiro atoms. The van der Waals surface area contributed by atoms with Crippen LogP contribution in [-0.4, -0.2) is 26.4 Å². The molecule has 0 heterocycles. The predicted molar refractivity (Wildman–Crippen MR) is 118 cm³/mol. The Kier molecular flexibility index (Phi) is 7.00. The predicted octanol–water partition coefficient (Wildman–Crippen LogP) is 4.91. The Bertz CT molecular complexity index is 721. The molecule has 0 aliphatic carbocycles. The molecule has 2 rings (SSSR count). The van der Waals surface area contributed by atoms with Crippen molar-refractivity contribution < 1.29 is 13.6 Å². The lowest BCUT2D eigenvalue weighted by molar-refractivity contribution is -0.119. The number of rotatable bonds is 8. The van der Waals surface area contributed by atoms with Gasteiger partial charge in [0.15, 0.2) is 0 Å². The zero-order chi connectivity index (χ0) is 21.0. The van der Waals surface area contributed by atoms with Gasteiger partial charge in [-0.1, -0.05) is 81.4 Å². The van der Waals surface area contributed by atoms with E-state index in [0.717, 1.165) is 10.4 Å². The summed E-state index contributed by atoms with van der Waals surface area (Å²) in [5, 5.41) is 2.15. The van der Waals surface area contributed by atoms with Gasteiger partial charge < -0.3 is 9.22 Å². The average molecular weight is 401 g/mol. The van der Waals surface area contributed by atoms with E-state index in [1.54, 1.807) is 0 Å². The van der Waals surface area contributed by atoms with E-state index >= 15 is 0 Å². The second kappa shape index (κ2) is 8.71. The number of ketones is 1. The van der Waals surface area contributed by atoms with Crippen LogP contribution in [0.3, 0.4) is 0 Å². The molecule has 2 aromatic carbocycles. The standard InChI is InChI=1S/C24H33FO2Si/c1-19(26)17-20(24(5,6)25)18-27-28(23(2,3)4,21-13-9-7-10-14-21)22-15-11-8-12-16-22/h7-16,20H,17-18H2,1-6H3. The van der Waals surface area contributed by atoms with Crippen LogP contribution in [0.5, 0.6) is 0 Å². The van der Waals surface area contributed by atoms with Crippen LogP contribution in [0.1, 0.15) is 48.0 Å². The Labute approximate surface area is 170 Å². The molecule has 0 fully saturated rings. The SMILES string of the molecule is CC(=O)CC(CO[Si](c1ccccc1)(c1ccccc1)C(C)(C)C)C(C)(C)F. The summed E-state index contributed by atoms with van der Waals surface area (Å²) in [4.78, 5) is 11.8. The van der Waals surface area contributed by atoms with Gasteiger partial charge in [0.05, 0.1) is 0 Å². The fourth-order valence-corrected chi connectivity index (χ4v) is 8.44. The van der Waals surface area contributed by atoms with Crippen LogP contribution in [0, 0.1) is 5.92 Å².